The average molecular weight is 278 g/mol. The van der Waals surface area contributed by atoms with Gasteiger partial charge in [-0.15, -0.1) is 0 Å². The number of hydrogen-bond donors (Lipinski definition) is 2. The Morgan fingerprint density at radius 2 is 2.16 bits per heavy atom. The fourth-order valence-electron chi connectivity index (χ4n) is 1.57. The Bertz CT molecular complexity index is 619. The maximum atomic E-state index is 11.7. The summed E-state index contributed by atoms with van der Waals surface area (Å²) in [4.78, 5) is 28.7. The van der Waals surface area contributed by atoms with Crippen molar-refractivity contribution in [1.29, 1.82) is 0 Å². The van der Waals surface area contributed by atoms with E-state index in [1.165, 1.54) is 6.20 Å². The van der Waals surface area contributed by atoms with Crippen molar-refractivity contribution in [1.82, 2.24) is 15.3 Å². The van der Waals surface area contributed by atoms with E-state index in [0.717, 1.165) is 11.8 Å². The Morgan fingerprint density at radius 1 is 1.37 bits per heavy atom. The summed E-state index contributed by atoms with van der Waals surface area (Å²) in [5, 5.41) is 3.39. The van der Waals surface area contributed by atoms with E-state index in [2.05, 4.69) is 15.3 Å². The minimum absolute atomic E-state index is 0.179. The number of nitrogens with zero attached hydrogens (tertiary/aromatic N) is 1. The number of amides is 1. The number of aromatic amines is 1. The molecule has 5 nitrogen and oxygen atoms in total. The molecular weight excluding hydrogens is 266 g/mol. The van der Waals surface area contributed by atoms with E-state index in [1.807, 2.05) is 24.3 Å². The van der Waals surface area contributed by atoms with E-state index in [1.54, 1.807) is 0 Å². The van der Waals surface area contributed by atoms with Gasteiger partial charge in [-0.3, -0.25) is 9.59 Å². The molecule has 0 aliphatic rings. The van der Waals surface area contributed by atoms with E-state index in [-0.39, 0.29) is 17.2 Å². The molecule has 0 aliphatic carbocycles. The van der Waals surface area contributed by atoms with Crippen LogP contribution in [0.25, 0.3) is 0 Å². The van der Waals surface area contributed by atoms with Crippen LogP contribution in [0, 0.1) is 0 Å². The van der Waals surface area contributed by atoms with Crippen LogP contribution in [0.2, 0.25) is 5.02 Å². The van der Waals surface area contributed by atoms with E-state index in [9.17, 15) is 9.59 Å². The van der Waals surface area contributed by atoms with Crippen LogP contribution in [0.5, 0.6) is 0 Å². The van der Waals surface area contributed by atoms with Gasteiger partial charge in [0.25, 0.3) is 11.5 Å². The molecule has 0 spiro atoms. The van der Waals surface area contributed by atoms with Gasteiger partial charge in [-0.25, -0.2) is 4.98 Å². The Balaban J connectivity index is 1.89. The number of carbonyl (C=O) groups is 1. The molecule has 1 aromatic heterocycles. The first kappa shape index (κ1) is 13.3. The summed E-state index contributed by atoms with van der Waals surface area (Å²) in [5.74, 6) is -0.330. The SMILES string of the molecule is O=C(NCCc1ccccc1Cl)c1c[nH]c(=O)cn1. The molecule has 0 atom stereocenters. The van der Waals surface area contributed by atoms with Crippen molar-refractivity contribution in [2.24, 2.45) is 0 Å². The highest BCUT2D eigenvalue weighted by atomic mass is 35.5. The Labute approximate surface area is 114 Å². The lowest BCUT2D eigenvalue weighted by Crippen LogP contribution is -2.27. The van der Waals surface area contributed by atoms with Gasteiger partial charge in [0.2, 0.25) is 0 Å². The van der Waals surface area contributed by atoms with Gasteiger partial charge in [0.05, 0.1) is 6.20 Å². The molecular formula is C13H12ClN3O2. The third kappa shape index (κ3) is 3.66. The summed E-state index contributed by atoms with van der Waals surface area (Å²) in [5.41, 5.74) is 0.810. The number of aromatic nitrogens is 2. The summed E-state index contributed by atoms with van der Waals surface area (Å²) >= 11 is 6.01. The van der Waals surface area contributed by atoms with Gasteiger partial charge < -0.3 is 10.3 Å². The largest absolute Gasteiger partial charge is 0.350 e. The number of H-pyrrole nitrogens is 1. The van der Waals surface area contributed by atoms with Crippen LogP contribution in [0.4, 0.5) is 0 Å². The number of rotatable bonds is 4. The van der Waals surface area contributed by atoms with Crippen LogP contribution < -0.4 is 10.9 Å². The summed E-state index contributed by atoms with van der Waals surface area (Å²) < 4.78 is 0. The molecule has 2 N–H and O–H groups in total. The number of hydrogen-bond acceptors (Lipinski definition) is 3. The summed E-state index contributed by atoms with van der Waals surface area (Å²) in [6.07, 6.45) is 2.99. The molecule has 0 unspecified atom stereocenters. The number of benzene rings is 1. The predicted octanol–water partition coefficient (Wildman–Crippen LogP) is 1.40. The van der Waals surface area contributed by atoms with Crippen LogP contribution in [0.3, 0.4) is 0 Å². The number of halogens is 1. The van der Waals surface area contributed by atoms with E-state index >= 15 is 0 Å². The molecule has 1 aromatic carbocycles. The Kier molecular flexibility index (Phi) is 4.30. The first-order valence-electron chi connectivity index (χ1n) is 5.73. The quantitative estimate of drug-likeness (QED) is 0.887. The first-order chi connectivity index (χ1) is 9.16. The van der Waals surface area contributed by atoms with Gasteiger partial charge in [-0.2, -0.15) is 0 Å². The molecule has 0 saturated carbocycles. The number of nitrogens with one attached hydrogen (secondary N) is 2. The summed E-state index contributed by atoms with van der Waals surface area (Å²) in [7, 11) is 0. The zero-order valence-electron chi connectivity index (χ0n) is 10.0. The fraction of sp³-hybridized carbons (Fsp3) is 0.154. The van der Waals surface area contributed by atoms with Gasteiger partial charge in [-0.1, -0.05) is 29.8 Å². The zero-order chi connectivity index (χ0) is 13.7. The van der Waals surface area contributed by atoms with E-state index in [4.69, 9.17) is 11.6 Å². The van der Waals surface area contributed by atoms with Gasteiger partial charge >= 0.3 is 0 Å². The first-order valence-corrected chi connectivity index (χ1v) is 6.11. The molecule has 2 rings (SSSR count). The molecule has 0 aliphatic heterocycles. The Hall–Kier alpha value is -2.14. The molecule has 1 heterocycles. The normalized spacial score (nSPS) is 10.2. The van der Waals surface area contributed by atoms with Crippen molar-refractivity contribution < 1.29 is 4.79 Å². The van der Waals surface area contributed by atoms with E-state index < -0.39 is 0 Å². The lowest BCUT2D eigenvalue weighted by Gasteiger charge is -2.05. The fourth-order valence-corrected chi connectivity index (χ4v) is 1.80. The molecule has 2 aromatic rings. The van der Waals surface area contributed by atoms with Crippen LogP contribution >= 0.6 is 11.6 Å². The lowest BCUT2D eigenvalue weighted by atomic mass is 10.1. The van der Waals surface area contributed by atoms with Crippen molar-refractivity contribution >= 4 is 17.5 Å². The Morgan fingerprint density at radius 3 is 2.84 bits per heavy atom. The molecule has 98 valence electrons. The van der Waals surface area contributed by atoms with Gasteiger partial charge in [-0.05, 0) is 18.1 Å². The maximum Gasteiger partial charge on any atom is 0.271 e. The standard InChI is InChI=1S/C13H12ClN3O2/c14-10-4-2-1-3-9(10)5-6-15-13(19)11-7-17-12(18)8-16-11/h1-4,7-8H,5-6H2,(H,15,19)(H,17,18). The second kappa shape index (κ2) is 6.15. The topological polar surface area (TPSA) is 74.8 Å². The van der Waals surface area contributed by atoms with Gasteiger partial charge in [0.15, 0.2) is 0 Å². The van der Waals surface area contributed by atoms with Crippen LogP contribution in [-0.2, 0) is 6.42 Å². The average Bonchev–Trinajstić information content (AvgIpc) is 2.41. The lowest BCUT2D eigenvalue weighted by molar-refractivity contribution is 0.0948. The van der Waals surface area contributed by atoms with E-state index in [0.29, 0.717) is 18.0 Å². The van der Waals surface area contributed by atoms with Gasteiger partial charge in [0.1, 0.15) is 5.69 Å². The van der Waals surface area contributed by atoms with Crippen LogP contribution in [0.1, 0.15) is 16.1 Å². The van der Waals surface area contributed by atoms with Gasteiger partial charge in [0, 0.05) is 17.8 Å². The number of carbonyl (C=O) groups excluding carboxylic acids is 1. The van der Waals surface area contributed by atoms with Crippen molar-refractivity contribution in [3.8, 4) is 0 Å². The molecule has 0 radical (unpaired) electrons. The van der Waals surface area contributed by atoms with Crippen molar-refractivity contribution in [2.75, 3.05) is 6.54 Å². The monoisotopic (exact) mass is 277 g/mol. The minimum atomic E-state index is -0.340. The zero-order valence-corrected chi connectivity index (χ0v) is 10.8. The summed E-state index contributed by atoms with van der Waals surface area (Å²) in [6, 6.07) is 7.47. The van der Waals surface area contributed by atoms with Crippen LogP contribution in [0.15, 0.2) is 41.5 Å². The molecule has 0 saturated heterocycles. The smallest absolute Gasteiger partial charge is 0.271 e. The molecule has 0 bridgehead atoms. The molecule has 19 heavy (non-hydrogen) atoms. The highest BCUT2D eigenvalue weighted by Crippen LogP contribution is 2.14. The third-order valence-corrected chi connectivity index (χ3v) is 2.91. The maximum absolute atomic E-state index is 11.7. The minimum Gasteiger partial charge on any atom is -0.350 e. The predicted molar refractivity (Wildman–Crippen MR) is 72.3 cm³/mol. The molecule has 0 fully saturated rings. The van der Waals surface area contributed by atoms with Crippen molar-refractivity contribution in [2.45, 2.75) is 6.42 Å². The van der Waals surface area contributed by atoms with Crippen LogP contribution in [-0.4, -0.2) is 22.4 Å². The highest BCUT2D eigenvalue weighted by Gasteiger charge is 2.06. The molecule has 1 amide bonds. The molecule has 6 heteroatoms. The second-order valence-corrected chi connectivity index (χ2v) is 4.30. The third-order valence-electron chi connectivity index (χ3n) is 2.54. The highest BCUT2D eigenvalue weighted by molar-refractivity contribution is 6.31. The van der Waals surface area contributed by atoms with Crippen molar-refractivity contribution in [3.05, 3.63) is 63.3 Å². The summed E-state index contributed by atoms with van der Waals surface area (Å²) in [6.45, 7) is 0.448. The van der Waals surface area contributed by atoms with Crippen molar-refractivity contribution in [3.63, 3.8) is 0 Å². The second-order valence-electron chi connectivity index (χ2n) is 3.89.